The maximum absolute atomic E-state index is 12.8. The number of carbonyl (C=O) groups is 2. The van der Waals surface area contributed by atoms with Crippen LogP contribution in [0.3, 0.4) is 0 Å². The van der Waals surface area contributed by atoms with E-state index in [1.807, 2.05) is 27.7 Å². The molecule has 0 aliphatic heterocycles. The first-order valence-corrected chi connectivity index (χ1v) is 9.78. The van der Waals surface area contributed by atoms with E-state index >= 15 is 0 Å². The highest BCUT2D eigenvalue weighted by atomic mass is 16.5. The van der Waals surface area contributed by atoms with Crippen molar-refractivity contribution in [1.82, 2.24) is 0 Å². The van der Waals surface area contributed by atoms with Crippen molar-refractivity contribution in [2.75, 3.05) is 18.5 Å². The summed E-state index contributed by atoms with van der Waals surface area (Å²) in [6.45, 7) is 10.1. The lowest BCUT2D eigenvalue weighted by Crippen LogP contribution is -2.44. The van der Waals surface area contributed by atoms with Crippen LogP contribution in [0.2, 0.25) is 0 Å². The molecule has 0 radical (unpaired) electrons. The molecule has 1 saturated carbocycles. The molecule has 2 rings (SSSR count). The number of hydrogen-bond acceptors (Lipinski definition) is 5. The van der Waals surface area contributed by atoms with Gasteiger partial charge in [0.1, 0.15) is 16.9 Å². The molecule has 0 spiro atoms. The van der Waals surface area contributed by atoms with Gasteiger partial charge in [0.25, 0.3) is 5.91 Å². The molecule has 1 amide bonds. The second-order valence-corrected chi connectivity index (χ2v) is 7.04. The quantitative estimate of drug-likeness (QED) is 0.619. The zero-order valence-corrected chi connectivity index (χ0v) is 17.0. The maximum atomic E-state index is 12.8. The molecule has 150 valence electrons. The fourth-order valence-corrected chi connectivity index (χ4v) is 2.94. The highest BCUT2D eigenvalue weighted by Gasteiger charge is 2.48. The third-order valence-electron chi connectivity index (χ3n) is 4.89. The number of rotatable bonds is 10. The number of anilines is 1. The van der Waals surface area contributed by atoms with E-state index in [9.17, 15) is 9.59 Å². The van der Waals surface area contributed by atoms with E-state index in [1.54, 1.807) is 25.1 Å². The standard InChI is InChI=1S/C21H31NO5/c1-6-14(4)27-18-12-11-16(13-17(18)19(23)25-7-2)22-20(24)21(5,26-8-3)15-9-10-15/h11-15H,6-10H2,1-5H3,(H,22,24). The van der Waals surface area contributed by atoms with Crippen LogP contribution in [0.5, 0.6) is 5.75 Å². The van der Waals surface area contributed by atoms with Gasteiger partial charge in [-0.2, -0.15) is 0 Å². The Labute approximate surface area is 161 Å². The number of ether oxygens (including phenoxy) is 3. The number of carbonyl (C=O) groups excluding carboxylic acids is 2. The van der Waals surface area contributed by atoms with Crippen LogP contribution in [0, 0.1) is 5.92 Å². The molecule has 1 aromatic carbocycles. The molecule has 0 aromatic heterocycles. The number of esters is 1. The molecule has 6 heteroatoms. The monoisotopic (exact) mass is 377 g/mol. The fraction of sp³-hybridized carbons (Fsp3) is 0.619. The fourth-order valence-electron chi connectivity index (χ4n) is 2.94. The second-order valence-electron chi connectivity index (χ2n) is 7.04. The van der Waals surface area contributed by atoms with Gasteiger partial charge >= 0.3 is 5.97 Å². The minimum Gasteiger partial charge on any atom is -0.490 e. The summed E-state index contributed by atoms with van der Waals surface area (Å²) in [5.41, 5.74) is -0.0318. The van der Waals surface area contributed by atoms with Crippen molar-refractivity contribution in [3.8, 4) is 5.75 Å². The first-order chi connectivity index (χ1) is 12.8. The van der Waals surface area contributed by atoms with E-state index < -0.39 is 11.6 Å². The minimum absolute atomic E-state index is 0.0327. The van der Waals surface area contributed by atoms with Crippen molar-refractivity contribution >= 4 is 17.6 Å². The van der Waals surface area contributed by atoms with Crippen molar-refractivity contribution in [3.05, 3.63) is 23.8 Å². The third kappa shape index (κ3) is 5.22. The van der Waals surface area contributed by atoms with Crippen LogP contribution in [0.4, 0.5) is 5.69 Å². The van der Waals surface area contributed by atoms with E-state index in [0.717, 1.165) is 19.3 Å². The first kappa shape index (κ1) is 21.2. The molecule has 6 nitrogen and oxygen atoms in total. The molecule has 27 heavy (non-hydrogen) atoms. The zero-order chi connectivity index (χ0) is 20.0. The van der Waals surface area contributed by atoms with Gasteiger partial charge in [-0.15, -0.1) is 0 Å². The summed E-state index contributed by atoms with van der Waals surface area (Å²) in [5.74, 6) is 0.0180. The Morgan fingerprint density at radius 2 is 1.93 bits per heavy atom. The average Bonchev–Trinajstić information content (AvgIpc) is 3.48. The summed E-state index contributed by atoms with van der Waals surface area (Å²) in [6, 6.07) is 5.04. The lowest BCUT2D eigenvalue weighted by molar-refractivity contribution is -0.141. The van der Waals surface area contributed by atoms with Gasteiger partial charge in [-0.05, 0) is 71.1 Å². The highest BCUT2D eigenvalue weighted by molar-refractivity contribution is 6.00. The number of amides is 1. The van der Waals surface area contributed by atoms with E-state index in [2.05, 4.69) is 5.32 Å². The Morgan fingerprint density at radius 3 is 2.48 bits per heavy atom. The molecule has 1 aliphatic carbocycles. The Bertz CT molecular complexity index is 671. The van der Waals surface area contributed by atoms with Crippen LogP contribution >= 0.6 is 0 Å². The summed E-state index contributed by atoms with van der Waals surface area (Å²) < 4.78 is 16.7. The van der Waals surface area contributed by atoms with Gasteiger partial charge in [0.2, 0.25) is 0 Å². The molecule has 0 heterocycles. The molecule has 2 atom stereocenters. The summed E-state index contributed by atoms with van der Waals surface area (Å²) in [4.78, 5) is 25.2. The number of nitrogens with one attached hydrogen (secondary N) is 1. The molecule has 2 unspecified atom stereocenters. The van der Waals surface area contributed by atoms with Crippen molar-refractivity contribution in [1.29, 1.82) is 0 Å². The lowest BCUT2D eigenvalue weighted by atomic mass is 9.98. The molecule has 1 N–H and O–H groups in total. The third-order valence-corrected chi connectivity index (χ3v) is 4.89. The summed E-state index contributed by atoms with van der Waals surface area (Å²) in [7, 11) is 0. The summed E-state index contributed by atoms with van der Waals surface area (Å²) >= 11 is 0. The summed E-state index contributed by atoms with van der Waals surface area (Å²) in [6.07, 6.45) is 2.75. The van der Waals surface area contributed by atoms with Crippen LogP contribution in [0.1, 0.15) is 64.2 Å². The molecular formula is C21H31NO5. The van der Waals surface area contributed by atoms with Crippen LogP contribution in [0.25, 0.3) is 0 Å². The van der Waals surface area contributed by atoms with E-state index in [-0.39, 0.29) is 24.5 Å². The van der Waals surface area contributed by atoms with Crippen LogP contribution in [-0.2, 0) is 14.3 Å². The smallest absolute Gasteiger partial charge is 0.341 e. The second kappa shape index (κ2) is 9.22. The molecule has 0 saturated heterocycles. The van der Waals surface area contributed by atoms with Gasteiger partial charge in [-0.25, -0.2) is 4.79 Å². The molecular weight excluding hydrogens is 346 g/mol. The maximum Gasteiger partial charge on any atom is 0.341 e. The van der Waals surface area contributed by atoms with Crippen molar-refractivity contribution < 1.29 is 23.8 Å². The summed E-state index contributed by atoms with van der Waals surface area (Å²) in [5, 5.41) is 2.89. The Hall–Kier alpha value is -2.08. The van der Waals surface area contributed by atoms with Gasteiger partial charge in [-0.3, -0.25) is 4.79 Å². The predicted octanol–water partition coefficient (Wildman–Crippen LogP) is 4.18. The Balaban J connectivity index is 2.25. The first-order valence-electron chi connectivity index (χ1n) is 9.78. The van der Waals surface area contributed by atoms with E-state index in [1.165, 1.54) is 0 Å². The van der Waals surface area contributed by atoms with Crippen molar-refractivity contribution in [2.45, 2.75) is 65.6 Å². The SMILES string of the molecule is CCOC(=O)c1cc(NC(=O)C(C)(OCC)C2CC2)ccc1OC(C)CC. The largest absolute Gasteiger partial charge is 0.490 e. The van der Waals surface area contributed by atoms with Crippen LogP contribution < -0.4 is 10.1 Å². The Morgan fingerprint density at radius 1 is 1.22 bits per heavy atom. The van der Waals surface area contributed by atoms with E-state index in [4.69, 9.17) is 14.2 Å². The normalized spacial score (nSPS) is 16.9. The molecule has 1 aromatic rings. The highest BCUT2D eigenvalue weighted by Crippen LogP contribution is 2.42. The predicted molar refractivity (Wildman–Crippen MR) is 104 cm³/mol. The molecule has 1 aliphatic rings. The minimum atomic E-state index is -0.856. The van der Waals surface area contributed by atoms with Crippen molar-refractivity contribution in [2.24, 2.45) is 5.92 Å². The number of benzene rings is 1. The van der Waals surface area contributed by atoms with Gasteiger partial charge in [-0.1, -0.05) is 6.92 Å². The van der Waals surface area contributed by atoms with Gasteiger partial charge < -0.3 is 19.5 Å². The topological polar surface area (TPSA) is 73.9 Å². The molecule has 1 fully saturated rings. The lowest BCUT2D eigenvalue weighted by Gasteiger charge is -2.28. The van der Waals surface area contributed by atoms with Gasteiger partial charge in [0.05, 0.1) is 12.7 Å². The van der Waals surface area contributed by atoms with Crippen LogP contribution in [0.15, 0.2) is 18.2 Å². The molecule has 0 bridgehead atoms. The van der Waals surface area contributed by atoms with Crippen molar-refractivity contribution in [3.63, 3.8) is 0 Å². The average molecular weight is 377 g/mol. The van der Waals surface area contributed by atoms with Crippen LogP contribution in [-0.4, -0.2) is 36.8 Å². The van der Waals surface area contributed by atoms with Gasteiger partial charge in [0, 0.05) is 12.3 Å². The zero-order valence-electron chi connectivity index (χ0n) is 17.0. The van der Waals surface area contributed by atoms with E-state index in [0.29, 0.717) is 23.6 Å². The Kier molecular flexibility index (Phi) is 7.25. The number of hydrogen-bond donors (Lipinski definition) is 1. The van der Waals surface area contributed by atoms with Gasteiger partial charge in [0.15, 0.2) is 0 Å².